The normalized spacial score (nSPS) is 10.3. The van der Waals surface area contributed by atoms with Crippen molar-refractivity contribution < 1.29 is 19.0 Å². The Hall–Kier alpha value is -2.62. The number of nitrogens with zero attached hydrogens (tertiary/aromatic N) is 2. The number of aromatic amines is 1. The zero-order valence-electron chi connectivity index (χ0n) is 13.7. The van der Waals surface area contributed by atoms with Gasteiger partial charge in [-0.25, -0.2) is 9.89 Å². The smallest absolute Gasteiger partial charge is 0.343 e. The maximum absolute atomic E-state index is 12.1. The summed E-state index contributed by atoms with van der Waals surface area (Å²) in [5.41, 5.74) is 0.175. The molecule has 130 valence electrons. The maximum atomic E-state index is 12.1. The number of anilines is 1. The summed E-state index contributed by atoms with van der Waals surface area (Å²) in [5, 5.41) is 9.30. The molecule has 0 unspecified atom stereocenters. The Morgan fingerprint density at radius 2 is 1.88 bits per heavy atom. The van der Waals surface area contributed by atoms with Gasteiger partial charge in [0.05, 0.1) is 27.1 Å². The van der Waals surface area contributed by atoms with Crippen molar-refractivity contribution >= 4 is 23.4 Å². The number of carbonyl (C=O) groups excluding carboxylic acids is 1. The van der Waals surface area contributed by atoms with Crippen LogP contribution in [0.25, 0.3) is 0 Å². The molecule has 0 radical (unpaired) electrons. The fourth-order valence-electron chi connectivity index (χ4n) is 1.94. The molecular formula is C14H18N4O5S. The zero-order valence-corrected chi connectivity index (χ0v) is 14.5. The number of thioether (sulfide) groups is 1. The van der Waals surface area contributed by atoms with E-state index in [0.29, 0.717) is 28.1 Å². The van der Waals surface area contributed by atoms with Gasteiger partial charge in [0.1, 0.15) is 0 Å². The van der Waals surface area contributed by atoms with E-state index >= 15 is 0 Å². The number of hydrogen-bond acceptors (Lipinski definition) is 7. The van der Waals surface area contributed by atoms with Crippen LogP contribution in [0.4, 0.5) is 5.69 Å². The van der Waals surface area contributed by atoms with Crippen LogP contribution in [-0.2, 0) is 11.8 Å². The van der Waals surface area contributed by atoms with Gasteiger partial charge < -0.3 is 19.5 Å². The molecule has 0 saturated carbocycles. The van der Waals surface area contributed by atoms with Gasteiger partial charge in [0, 0.05) is 24.9 Å². The van der Waals surface area contributed by atoms with Crippen molar-refractivity contribution in [1.82, 2.24) is 14.8 Å². The first-order valence-electron chi connectivity index (χ1n) is 6.84. The molecule has 24 heavy (non-hydrogen) atoms. The summed E-state index contributed by atoms with van der Waals surface area (Å²) in [5.74, 6) is 1.15. The highest BCUT2D eigenvalue weighted by atomic mass is 32.2. The van der Waals surface area contributed by atoms with Gasteiger partial charge in [-0.1, -0.05) is 11.8 Å². The predicted octanol–water partition coefficient (Wildman–Crippen LogP) is 0.865. The van der Waals surface area contributed by atoms with Crippen molar-refractivity contribution in [2.75, 3.05) is 32.4 Å². The van der Waals surface area contributed by atoms with Gasteiger partial charge in [0.25, 0.3) is 0 Å². The number of amides is 1. The minimum absolute atomic E-state index is 0.0921. The van der Waals surface area contributed by atoms with Gasteiger partial charge >= 0.3 is 5.69 Å². The zero-order chi connectivity index (χ0) is 17.7. The Morgan fingerprint density at radius 3 is 2.33 bits per heavy atom. The summed E-state index contributed by atoms with van der Waals surface area (Å²) in [6, 6.07) is 3.27. The van der Waals surface area contributed by atoms with E-state index < -0.39 is 0 Å². The van der Waals surface area contributed by atoms with Crippen LogP contribution < -0.4 is 25.2 Å². The number of benzene rings is 1. The van der Waals surface area contributed by atoms with Crippen LogP contribution in [-0.4, -0.2) is 47.8 Å². The monoisotopic (exact) mass is 354 g/mol. The van der Waals surface area contributed by atoms with E-state index in [9.17, 15) is 9.59 Å². The van der Waals surface area contributed by atoms with Gasteiger partial charge in [0.15, 0.2) is 16.7 Å². The van der Waals surface area contributed by atoms with Crippen LogP contribution in [0.5, 0.6) is 17.2 Å². The first kappa shape index (κ1) is 17.7. The fourth-order valence-corrected chi connectivity index (χ4v) is 2.66. The first-order valence-corrected chi connectivity index (χ1v) is 7.82. The van der Waals surface area contributed by atoms with Crippen LogP contribution in [0.2, 0.25) is 0 Å². The first-order chi connectivity index (χ1) is 11.5. The molecule has 2 N–H and O–H groups in total. The SMILES string of the molecule is COc1cc(NC(=O)CSc2n[nH]c(=O)n2C)cc(OC)c1OC. The number of methoxy groups -OCH3 is 3. The van der Waals surface area contributed by atoms with Gasteiger partial charge in [-0.05, 0) is 0 Å². The van der Waals surface area contributed by atoms with Crippen LogP contribution in [0.3, 0.4) is 0 Å². The molecule has 0 fully saturated rings. The number of H-pyrrole nitrogens is 1. The lowest BCUT2D eigenvalue weighted by Crippen LogP contribution is -2.16. The number of aromatic nitrogens is 3. The van der Waals surface area contributed by atoms with Gasteiger partial charge in [-0.2, -0.15) is 0 Å². The fraction of sp³-hybridized carbons (Fsp3) is 0.357. The third-order valence-corrected chi connectivity index (χ3v) is 4.15. The Balaban J connectivity index is 2.08. The van der Waals surface area contributed by atoms with Crippen molar-refractivity contribution in [2.24, 2.45) is 7.05 Å². The van der Waals surface area contributed by atoms with E-state index in [4.69, 9.17) is 14.2 Å². The average molecular weight is 354 g/mol. The van der Waals surface area contributed by atoms with Crippen molar-refractivity contribution in [3.05, 3.63) is 22.6 Å². The molecule has 0 atom stereocenters. The molecule has 0 aliphatic heterocycles. The van der Waals surface area contributed by atoms with Crippen LogP contribution in [0, 0.1) is 0 Å². The summed E-state index contributed by atoms with van der Waals surface area (Å²) in [6.45, 7) is 0. The molecule has 10 heteroatoms. The molecule has 2 aromatic rings. The van der Waals surface area contributed by atoms with Crippen molar-refractivity contribution in [1.29, 1.82) is 0 Å². The minimum atomic E-state index is -0.331. The highest BCUT2D eigenvalue weighted by molar-refractivity contribution is 7.99. The second-order valence-corrected chi connectivity index (χ2v) is 5.56. The Kier molecular flexibility index (Phi) is 5.74. The highest BCUT2D eigenvalue weighted by Crippen LogP contribution is 2.39. The number of rotatable bonds is 7. The summed E-state index contributed by atoms with van der Waals surface area (Å²) < 4.78 is 17.0. The lowest BCUT2D eigenvalue weighted by atomic mass is 10.2. The molecule has 1 amide bonds. The molecular weight excluding hydrogens is 336 g/mol. The van der Waals surface area contributed by atoms with E-state index in [1.165, 1.54) is 25.9 Å². The third kappa shape index (κ3) is 3.82. The Morgan fingerprint density at radius 1 is 1.25 bits per heavy atom. The second kappa shape index (κ2) is 7.77. The van der Waals surface area contributed by atoms with Crippen molar-refractivity contribution in [3.63, 3.8) is 0 Å². The summed E-state index contributed by atoms with van der Waals surface area (Å²) >= 11 is 1.14. The Labute approximate surface area is 142 Å². The molecule has 1 aromatic heterocycles. The number of nitrogens with one attached hydrogen (secondary N) is 2. The van der Waals surface area contributed by atoms with Crippen molar-refractivity contribution in [2.45, 2.75) is 5.16 Å². The second-order valence-electron chi connectivity index (χ2n) is 4.62. The quantitative estimate of drug-likeness (QED) is 0.710. The number of hydrogen-bond donors (Lipinski definition) is 2. The molecule has 1 aromatic carbocycles. The predicted molar refractivity (Wildman–Crippen MR) is 89.3 cm³/mol. The van der Waals surface area contributed by atoms with Crippen LogP contribution >= 0.6 is 11.8 Å². The van der Waals surface area contributed by atoms with E-state index in [0.717, 1.165) is 11.8 Å². The molecule has 0 aliphatic carbocycles. The number of ether oxygens (including phenoxy) is 3. The molecule has 0 spiro atoms. The summed E-state index contributed by atoms with van der Waals surface area (Å²) in [7, 11) is 6.07. The standard InChI is InChI=1S/C14H18N4O5S/c1-18-13(20)16-17-14(18)24-7-11(19)15-8-5-9(21-2)12(23-4)10(6-8)22-3/h5-6H,7H2,1-4H3,(H,15,19)(H,16,20). The molecule has 9 nitrogen and oxygen atoms in total. The highest BCUT2D eigenvalue weighted by Gasteiger charge is 2.15. The lowest BCUT2D eigenvalue weighted by molar-refractivity contribution is -0.113. The lowest BCUT2D eigenvalue weighted by Gasteiger charge is -2.14. The molecule has 0 aliphatic rings. The average Bonchev–Trinajstić information content (AvgIpc) is 2.90. The van der Waals surface area contributed by atoms with Gasteiger partial charge in [-0.3, -0.25) is 9.36 Å². The van der Waals surface area contributed by atoms with Gasteiger partial charge in [0.2, 0.25) is 11.7 Å². The summed E-state index contributed by atoms with van der Waals surface area (Å²) in [6.07, 6.45) is 0. The van der Waals surface area contributed by atoms with E-state index in [1.54, 1.807) is 19.2 Å². The Bertz CT molecular complexity index is 761. The molecule has 0 saturated heterocycles. The minimum Gasteiger partial charge on any atom is -0.493 e. The topological polar surface area (TPSA) is 107 Å². The van der Waals surface area contributed by atoms with Crippen LogP contribution in [0.15, 0.2) is 22.1 Å². The van der Waals surface area contributed by atoms with E-state index in [1.807, 2.05) is 0 Å². The van der Waals surface area contributed by atoms with E-state index in [2.05, 4.69) is 15.5 Å². The van der Waals surface area contributed by atoms with Crippen LogP contribution in [0.1, 0.15) is 0 Å². The van der Waals surface area contributed by atoms with E-state index in [-0.39, 0.29) is 17.3 Å². The van der Waals surface area contributed by atoms with Crippen molar-refractivity contribution in [3.8, 4) is 17.2 Å². The maximum Gasteiger partial charge on any atom is 0.343 e. The molecule has 1 heterocycles. The third-order valence-electron chi connectivity index (χ3n) is 3.12. The molecule has 0 bridgehead atoms. The molecule has 2 rings (SSSR count). The number of carbonyl (C=O) groups is 1. The largest absolute Gasteiger partial charge is 0.493 e. The van der Waals surface area contributed by atoms with Gasteiger partial charge in [-0.15, -0.1) is 5.10 Å². The summed E-state index contributed by atoms with van der Waals surface area (Å²) in [4.78, 5) is 23.4.